The zero-order valence-corrected chi connectivity index (χ0v) is 14.2. The predicted molar refractivity (Wildman–Crippen MR) is 98.8 cm³/mol. The number of allylic oxidation sites excluding steroid dienone is 1. The molecule has 0 aliphatic carbocycles. The molecule has 23 heavy (non-hydrogen) atoms. The smallest absolute Gasteiger partial charge is 0.266 e. The molecule has 0 aliphatic heterocycles. The molecular formula is C19H22N2OS. The summed E-state index contributed by atoms with van der Waals surface area (Å²) in [6, 6.07) is 13.8. The number of hydrogen-bond acceptors (Lipinski definition) is 3. The number of nitrogens with zero attached hydrogens (tertiary/aromatic N) is 1. The Morgan fingerprint density at radius 1 is 1.17 bits per heavy atom. The van der Waals surface area contributed by atoms with Crippen molar-refractivity contribution in [2.24, 2.45) is 5.10 Å². The molecule has 3 nitrogen and oxygen atoms in total. The number of rotatable bonds is 8. The van der Waals surface area contributed by atoms with Crippen LogP contribution in [0.1, 0.15) is 47.8 Å². The molecule has 0 aliphatic rings. The fraction of sp³-hybridized carbons (Fsp3) is 0.263. The van der Waals surface area contributed by atoms with E-state index < -0.39 is 0 Å². The van der Waals surface area contributed by atoms with Gasteiger partial charge >= 0.3 is 0 Å². The quantitative estimate of drug-likeness (QED) is 0.408. The van der Waals surface area contributed by atoms with Gasteiger partial charge in [0.25, 0.3) is 5.91 Å². The average molecular weight is 326 g/mol. The van der Waals surface area contributed by atoms with Crippen LogP contribution < -0.4 is 5.43 Å². The van der Waals surface area contributed by atoms with Crippen molar-refractivity contribution in [3.05, 3.63) is 63.9 Å². The number of amides is 1. The highest BCUT2D eigenvalue weighted by Crippen LogP contribution is 2.12. The molecule has 0 bridgehead atoms. The summed E-state index contributed by atoms with van der Waals surface area (Å²) in [6.45, 7) is 2.19. The summed E-state index contributed by atoms with van der Waals surface area (Å²) in [5.74, 6) is -0.163. The van der Waals surface area contributed by atoms with Gasteiger partial charge in [-0.05, 0) is 35.4 Å². The Hall–Kier alpha value is -2.20. The Morgan fingerprint density at radius 3 is 2.70 bits per heavy atom. The maximum atomic E-state index is 11.9. The molecule has 2 rings (SSSR count). The van der Waals surface area contributed by atoms with Crippen molar-refractivity contribution in [3.63, 3.8) is 0 Å². The van der Waals surface area contributed by atoms with Crippen molar-refractivity contribution >= 4 is 29.5 Å². The van der Waals surface area contributed by atoms with Gasteiger partial charge in [-0.3, -0.25) is 4.79 Å². The van der Waals surface area contributed by atoms with Gasteiger partial charge in [-0.2, -0.15) is 5.10 Å². The lowest BCUT2D eigenvalue weighted by atomic mass is 10.1. The first-order valence-corrected chi connectivity index (χ1v) is 8.80. The largest absolute Gasteiger partial charge is 0.281 e. The van der Waals surface area contributed by atoms with E-state index in [0.717, 1.165) is 24.0 Å². The van der Waals surface area contributed by atoms with Crippen LogP contribution in [-0.4, -0.2) is 12.1 Å². The van der Waals surface area contributed by atoms with Gasteiger partial charge in [-0.1, -0.05) is 62.2 Å². The second-order valence-corrected chi connectivity index (χ2v) is 6.21. The van der Waals surface area contributed by atoms with Gasteiger partial charge in [0.1, 0.15) is 0 Å². The minimum atomic E-state index is -0.163. The molecular weight excluding hydrogens is 304 g/mol. The van der Waals surface area contributed by atoms with Gasteiger partial charge in [-0.25, -0.2) is 5.43 Å². The third-order valence-corrected chi connectivity index (χ3v) is 4.23. The highest BCUT2D eigenvalue weighted by atomic mass is 32.1. The maximum absolute atomic E-state index is 11.9. The van der Waals surface area contributed by atoms with Crippen LogP contribution >= 0.6 is 11.3 Å². The van der Waals surface area contributed by atoms with E-state index in [4.69, 9.17) is 0 Å². The Balaban J connectivity index is 2.00. The topological polar surface area (TPSA) is 41.5 Å². The second-order valence-electron chi connectivity index (χ2n) is 5.26. The third kappa shape index (κ3) is 6.20. The van der Waals surface area contributed by atoms with E-state index in [-0.39, 0.29) is 5.91 Å². The zero-order chi connectivity index (χ0) is 16.3. The molecule has 0 spiro atoms. The summed E-state index contributed by atoms with van der Waals surface area (Å²) in [5, 5.41) is 6.00. The summed E-state index contributed by atoms with van der Waals surface area (Å²) < 4.78 is 0. The van der Waals surface area contributed by atoms with Gasteiger partial charge in [-0.15, -0.1) is 11.3 Å². The zero-order valence-electron chi connectivity index (χ0n) is 13.4. The standard InChI is InChI=1S/C19H22N2OS/c1-2-3-5-11-17(14-16-9-6-4-7-10-16)15-20-21-19(22)18-12-8-13-23-18/h4,6-10,12-15H,2-3,5,11H2,1H3,(H,21,22)/b17-14+,20-15-. The van der Waals surface area contributed by atoms with E-state index >= 15 is 0 Å². The monoisotopic (exact) mass is 326 g/mol. The minimum absolute atomic E-state index is 0.163. The Morgan fingerprint density at radius 2 is 2.00 bits per heavy atom. The Labute approximate surface area is 141 Å². The molecule has 1 aromatic heterocycles. The van der Waals surface area contributed by atoms with Crippen LogP contribution in [0.25, 0.3) is 6.08 Å². The minimum Gasteiger partial charge on any atom is -0.266 e. The Bertz CT molecular complexity index is 645. The number of carbonyl (C=O) groups excluding carboxylic acids is 1. The highest BCUT2D eigenvalue weighted by molar-refractivity contribution is 7.12. The second kappa shape index (κ2) is 9.74. The molecule has 1 amide bonds. The number of unbranched alkanes of at least 4 members (excludes halogenated alkanes) is 2. The summed E-state index contributed by atoms with van der Waals surface area (Å²) in [4.78, 5) is 12.5. The number of benzene rings is 1. The SMILES string of the molecule is CCCCCC(/C=N\NC(=O)c1cccs1)=C\c1ccccc1. The third-order valence-electron chi connectivity index (χ3n) is 3.36. The summed E-state index contributed by atoms with van der Waals surface area (Å²) in [6.07, 6.45) is 8.35. The number of thiophene rings is 1. The first-order chi connectivity index (χ1) is 11.3. The van der Waals surface area contributed by atoms with E-state index in [1.54, 1.807) is 12.3 Å². The van der Waals surface area contributed by atoms with Crippen molar-refractivity contribution in [1.29, 1.82) is 0 Å². The van der Waals surface area contributed by atoms with Gasteiger partial charge in [0.2, 0.25) is 0 Å². The molecule has 1 heterocycles. The molecule has 0 saturated carbocycles. The van der Waals surface area contributed by atoms with Crippen molar-refractivity contribution in [1.82, 2.24) is 5.43 Å². The molecule has 0 saturated heterocycles. The fourth-order valence-corrected chi connectivity index (χ4v) is 2.77. The number of nitrogens with one attached hydrogen (secondary N) is 1. The predicted octanol–water partition coefficient (Wildman–Crippen LogP) is 5.13. The van der Waals surface area contributed by atoms with E-state index in [0.29, 0.717) is 4.88 Å². The molecule has 2 aromatic rings. The van der Waals surface area contributed by atoms with Crippen LogP contribution in [0.4, 0.5) is 0 Å². The number of hydrogen-bond donors (Lipinski definition) is 1. The molecule has 1 N–H and O–H groups in total. The van der Waals surface area contributed by atoms with Crippen LogP contribution in [0.5, 0.6) is 0 Å². The lowest BCUT2D eigenvalue weighted by Gasteiger charge is -2.03. The fourth-order valence-electron chi connectivity index (χ4n) is 2.15. The normalized spacial score (nSPS) is 11.8. The van der Waals surface area contributed by atoms with Crippen molar-refractivity contribution in [3.8, 4) is 0 Å². The van der Waals surface area contributed by atoms with Gasteiger partial charge < -0.3 is 0 Å². The summed E-state index contributed by atoms with van der Waals surface area (Å²) in [7, 11) is 0. The molecule has 0 unspecified atom stereocenters. The van der Waals surface area contributed by atoms with Crippen LogP contribution in [0.3, 0.4) is 0 Å². The van der Waals surface area contributed by atoms with Gasteiger partial charge in [0, 0.05) is 0 Å². The molecule has 0 atom stereocenters. The molecule has 0 fully saturated rings. The summed E-state index contributed by atoms with van der Waals surface area (Å²) in [5.41, 5.74) is 4.86. The van der Waals surface area contributed by atoms with Crippen molar-refractivity contribution in [2.45, 2.75) is 32.6 Å². The van der Waals surface area contributed by atoms with Crippen LogP contribution in [0.15, 0.2) is 58.5 Å². The number of hydrazone groups is 1. The number of carbonyl (C=O) groups is 1. The van der Waals surface area contributed by atoms with Crippen LogP contribution in [-0.2, 0) is 0 Å². The van der Waals surface area contributed by atoms with E-state index in [9.17, 15) is 4.79 Å². The highest BCUT2D eigenvalue weighted by Gasteiger charge is 2.04. The molecule has 4 heteroatoms. The lowest BCUT2D eigenvalue weighted by molar-refractivity contribution is 0.0959. The van der Waals surface area contributed by atoms with E-state index in [1.807, 2.05) is 29.6 Å². The first kappa shape index (κ1) is 17.2. The maximum Gasteiger partial charge on any atom is 0.281 e. The average Bonchev–Trinajstić information content (AvgIpc) is 3.10. The van der Waals surface area contributed by atoms with Gasteiger partial charge in [0.15, 0.2) is 0 Å². The van der Waals surface area contributed by atoms with E-state index in [1.165, 1.54) is 24.2 Å². The molecule has 1 aromatic carbocycles. The van der Waals surface area contributed by atoms with Crippen LogP contribution in [0, 0.1) is 0 Å². The van der Waals surface area contributed by atoms with Crippen molar-refractivity contribution < 1.29 is 4.79 Å². The lowest BCUT2D eigenvalue weighted by Crippen LogP contribution is -2.16. The summed E-state index contributed by atoms with van der Waals surface area (Å²) >= 11 is 1.41. The van der Waals surface area contributed by atoms with E-state index in [2.05, 4.69) is 35.7 Å². The Kier molecular flexibility index (Phi) is 7.27. The molecule has 120 valence electrons. The molecule has 0 radical (unpaired) electrons. The first-order valence-electron chi connectivity index (χ1n) is 7.92. The van der Waals surface area contributed by atoms with Gasteiger partial charge in [0.05, 0.1) is 11.1 Å². The van der Waals surface area contributed by atoms with Crippen LogP contribution in [0.2, 0.25) is 0 Å². The van der Waals surface area contributed by atoms with Crippen molar-refractivity contribution in [2.75, 3.05) is 0 Å².